The Morgan fingerprint density at radius 2 is 1.83 bits per heavy atom. The third kappa shape index (κ3) is 4.04. The van der Waals surface area contributed by atoms with E-state index in [9.17, 15) is 19.2 Å². The molecule has 2 aliphatic rings. The summed E-state index contributed by atoms with van der Waals surface area (Å²) in [7, 11) is 0. The normalized spacial score (nSPS) is 24.6. The van der Waals surface area contributed by atoms with Crippen molar-refractivity contribution in [1.82, 2.24) is 10.2 Å². The lowest BCUT2D eigenvalue weighted by atomic mass is 9.73. The van der Waals surface area contributed by atoms with E-state index in [0.717, 1.165) is 24.2 Å². The molecule has 0 bridgehead atoms. The predicted octanol–water partition coefficient (Wildman–Crippen LogP) is 3.35. The number of carbonyl (C=O) groups is 4. The molecule has 2 fully saturated rings. The van der Waals surface area contributed by atoms with Crippen molar-refractivity contribution in [3.63, 3.8) is 0 Å². The molecule has 7 heteroatoms. The number of amides is 4. The molecule has 1 aliphatic heterocycles. The average molecular weight is 399 g/mol. The van der Waals surface area contributed by atoms with Gasteiger partial charge in [-0.15, -0.1) is 0 Å². The number of rotatable bonds is 4. The van der Waals surface area contributed by atoms with Gasteiger partial charge in [0.05, 0.1) is 6.54 Å². The molecular weight excluding hydrogens is 370 g/mol. The Hall–Kier alpha value is -2.70. The number of benzene rings is 1. The molecule has 1 aliphatic carbocycles. The van der Waals surface area contributed by atoms with Gasteiger partial charge in [-0.25, -0.2) is 4.79 Å². The number of hydrogen-bond acceptors (Lipinski definition) is 4. The van der Waals surface area contributed by atoms with Crippen LogP contribution >= 0.6 is 0 Å². The van der Waals surface area contributed by atoms with Crippen LogP contribution in [-0.2, 0) is 9.59 Å². The molecule has 29 heavy (non-hydrogen) atoms. The zero-order valence-electron chi connectivity index (χ0n) is 17.5. The SMILES string of the molecule is C[C@@H]1CCCC[C@]12NC(=O)N(CC(=O)c1ccc(NC(=O)C(C)(C)C)cc1)C2=O. The van der Waals surface area contributed by atoms with E-state index in [1.807, 2.05) is 27.7 Å². The first-order valence-electron chi connectivity index (χ1n) is 10.1. The predicted molar refractivity (Wildman–Crippen MR) is 109 cm³/mol. The van der Waals surface area contributed by atoms with Crippen LogP contribution in [0.1, 0.15) is 63.7 Å². The van der Waals surface area contributed by atoms with Gasteiger partial charge >= 0.3 is 6.03 Å². The summed E-state index contributed by atoms with van der Waals surface area (Å²) in [4.78, 5) is 51.2. The van der Waals surface area contributed by atoms with Gasteiger partial charge in [-0.1, -0.05) is 40.5 Å². The van der Waals surface area contributed by atoms with Gasteiger partial charge in [0, 0.05) is 16.7 Å². The highest BCUT2D eigenvalue weighted by atomic mass is 16.2. The molecule has 2 atom stereocenters. The molecule has 1 aromatic carbocycles. The standard InChI is InChI=1S/C22H29N3O4/c1-14-7-5-6-12-22(14)19(28)25(20(29)24-22)13-17(26)15-8-10-16(11-9-15)23-18(27)21(2,3)4/h8-11,14H,5-7,12-13H2,1-4H3,(H,23,27)(H,24,29)/t14-,22+/m1/s1. The van der Waals surface area contributed by atoms with Crippen LogP contribution in [0.15, 0.2) is 24.3 Å². The third-order valence-corrected chi connectivity index (χ3v) is 5.95. The molecule has 0 aromatic heterocycles. The van der Waals surface area contributed by atoms with Gasteiger partial charge in [0.15, 0.2) is 5.78 Å². The van der Waals surface area contributed by atoms with Crippen LogP contribution in [0.4, 0.5) is 10.5 Å². The van der Waals surface area contributed by atoms with Gasteiger partial charge in [0.25, 0.3) is 5.91 Å². The van der Waals surface area contributed by atoms with Crippen molar-refractivity contribution in [1.29, 1.82) is 0 Å². The number of nitrogens with one attached hydrogen (secondary N) is 2. The monoisotopic (exact) mass is 399 g/mol. The van der Waals surface area contributed by atoms with Crippen molar-refractivity contribution in [3.8, 4) is 0 Å². The van der Waals surface area contributed by atoms with E-state index in [2.05, 4.69) is 10.6 Å². The van der Waals surface area contributed by atoms with Crippen molar-refractivity contribution < 1.29 is 19.2 Å². The molecule has 1 spiro atoms. The summed E-state index contributed by atoms with van der Waals surface area (Å²) >= 11 is 0. The fraction of sp³-hybridized carbons (Fsp3) is 0.545. The average Bonchev–Trinajstić information content (AvgIpc) is 2.89. The van der Waals surface area contributed by atoms with Crippen molar-refractivity contribution in [2.45, 2.75) is 58.9 Å². The summed E-state index contributed by atoms with van der Waals surface area (Å²) in [6.45, 7) is 7.15. The molecule has 1 heterocycles. The van der Waals surface area contributed by atoms with Crippen molar-refractivity contribution in [2.75, 3.05) is 11.9 Å². The fourth-order valence-corrected chi connectivity index (χ4v) is 3.93. The lowest BCUT2D eigenvalue weighted by Gasteiger charge is -2.36. The van der Waals surface area contributed by atoms with Gasteiger partial charge in [0.2, 0.25) is 5.91 Å². The first kappa shape index (κ1) is 21.0. The lowest BCUT2D eigenvalue weighted by Crippen LogP contribution is -2.54. The van der Waals surface area contributed by atoms with Crippen LogP contribution in [0.25, 0.3) is 0 Å². The van der Waals surface area contributed by atoms with Crippen molar-refractivity contribution >= 4 is 29.3 Å². The second kappa shape index (κ2) is 7.61. The van der Waals surface area contributed by atoms with E-state index in [-0.39, 0.29) is 30.1 Å². The molecule has 7 nitrogen and oxygen atoms in total. The van der Waals surface area contributed by atoms with Gasteiger partial charge in [-0.05, 0) is 43.0 Å². The Kier molecular flexibility index (Phi) is 5.52. The number of nitrogens with zero attached hydrogens (tertiary/aromatic N) is 1. The van der Waals surface area contributed by atoms with E-state index >= 15 is 0 Å². The smallest absolute Gasteiger partial charge is 0.325 e. The van der Waals surface area contributed by atoms with Gasteiger partial charge < -0.3 is 10.6 Å². The van der Waals surface area contributed by atoms with Crippen LogP contribution in [0, 0.1) is 11.3 Å². The van der Waals surface area contributed by atoms with Crippen LogP contribution in [0.3, 0.4) is 0 Å². The number of ketones is 1. The Balaban J connectivity index is 1.68. The zero-order chi connectivity index (χ0) is 21.4. The van der Waals surface area contributed by atoms with Gasteiger partial charge in [-0.2, -0.15) is 0 Å². The molecule has 1 saturated carbocycles. The highest BCUT2D eigenvalue weighted by Gasteiger charge is 2.55. The van der Waals surface area contributed by atoms with Crippen molar-refractivity contribution in [2.24, 2.45) is 11.3 Å². The highest BCUT2D eigenvalue weighted by Crippen LogP contribution is 2.38. The largest absolute Gasteiger partial charge is 0.326 e. The summed E-state index contributed by atoms with van der Waals surface area (Å²) in [5.41, 5.74) is -0.413. The van der Waals surface area contributed by atoms with Crippen LogP contribution in [-0.4, -0.2) is 40.6 Å². The second-order valence-electron chi connectivity index (χ2n) is 9.14. The van der Waals surface area contributed by atoms with E-state index in [1.165, 1.54) is 0 Å². The van der Waals surface area contributed by atoms with E-state index in [1.54, 1.807) is 24.3 Å². The quantitative estimate of drug-likeness (QED) is 0.599. The minimum absolute atomic E-state index is 0.0542. The molecule has 4 amide bonds. The molecular formula is C22H29N3O4. The summed E-state index contributed by atoms with van der Waals surface area (Å²) in [5, 5.41) is 5.66. The first-order valence-corrected chi connectivity index (χ1v) is 10.1. The molecule has 156 valence electrons. The first-order chi connectivity index (χ1) is 13.5. The minimum Gasteiger partial charge on any atom is -0.326 e. The lowest BCUT2D eigenvalue weighted by molar-refractivity contribution is -0.134. The number of Topliss-reactive ketones (excluding diaryl/α,β-unsaturated/α-hetero) is 1. The molecule has 2 N–H and O–H groups in total. The summed E-state index contributed by atoms with van der Waals surface area (Å²) < 4.78 is 0. The fourth-order valence-electron chi connectivity index (χ4n) is 3.93. The van der Waals surface area contributed by atoms with Gasteiger partial charge in [0.1, 0.15) is 5.54 Å². The highest BCUT2D eigenvalue weighted by molar-refractivity contribution is 6.11. The minimum atomic E-state index is -0.864. The summed E-state index contributed by atoms with van der Waals surface area (Å²) in [5.74, 6) is -0.679. The number of hydrogen-bond donors (Lipinski definition) is 2. The third-order valence-electron chi connectivity index (χ3n) is 5.95. The topological polar surface area (TPSA) is 95.6 Å². The zero-order valence-corrected chi connectivity index (χ0v) is 17.5. The van der Waals surface area contributed by atoms with Crippen LogP contribution < -0.4 is 10.6 Å². The maximum Gasteiger partial charge on any atom is 0.325 e. The molecule has 0 radical (unpaired) electrons. The second-order valence-corrected chi connectivity index (χ2v) is 9.14. The summed E-state index contributed by atoms with van der Waals surface area (Å²) in [6, 6.07) is 5.99. The molecule has 1 aromatic rings. The Bertz CT molecular complexity index is 841. The maximum atomic E-state index is 13.0. The maximum absolute atomic E-state index is 13.0. The Labute approximate surface area is 171 Å². The van der Waals surface area contributed by atoms with Gasteiger partial charge in [-0.3, -0.25) is 19.3 Å². The summed E-state index contributed by atoms with van der Waals surface area (Å²) in [6.07, 6.45) is 3.43. The van der Waals surface area contributed by atoms with E-state index in [0.29, 0.717) is 17.7 Å². The van der Waals surface area contributed by atoms with Crippen molar-refractivity contribution in [3.05, 3.63) is 29.8 Å². The van der Waals surface area contributed by atoms with E-state index in [4.69, 9.17) is 0 Å². The molecule has 1 saturated heterocycles. The molecule has 3 rings (SSSR count). The number of imide groups is 1. The Morgan fingerprint density at radius 3 is 2.41 bits per heavy atom. The molecule has 0 unspecified atom stereocenters. The Morgan fingerprint density at radius 1 is 1.17 bits per heavy atom. The number of carbonyl (C=O) groups excluding carboxylic acids is 4. The number of urea groups is 1. The van der Waals surface area contributed by atoms with Crippen LogP contribution in [0.5, 0.6) is 0 Å². The van der Waals surface area contributed by atoms with E-state index < -0.39 is 17.0 Å². The number of anilines is 1. The van der Waals surface area contributed by atoms with Crippen LogP contribution in [0.2, 0.25) is 0 Å².